The van der Waals surface area contributed by atoms with Crippen LogP contribution in [0.4, 0.5) is 5.95 Å². The van der Waals surface area contributed by atoms with Crippen LogP contribution in [0.15, 0.2) is 59.8 Å². The molecule has 5 rings (SSSR count). The fraction of sp³-hybridized carbons (Fsp3) is 0.414. The summed E-state index contributed by atoms with van der Waals surface area (Å²) >= 11 is 0. The maximum absolute atomic E-state index is 13.2. The van der Waals surface area contributed by atoms with E-state index in [-0.39, 0.29) is 23.2 Å². The molecule has 1 aliphatic carbocycles. The number of rotatable bonds is 9. The lowest BCUT2D eigenvalue weighted by atomic mass is 9.87. The van der Waals surface area contributed by atoms with E-state index >= 15 is 0 Å². The Labute approximate surface area is 224 Å². The lowest BCUT2D eigenvalue weighted by Crippen LogP contribution is -2.35. The first-order chi connectivity index (χ1) is 18.3. The van der Waals surface area contributed by atoms with Gasteiger partial charge in [0.1, 0.15) is 0 Å². The molecule has 9 heteroatoms. The molecule has 2 N–H and O–H groups in total. The third-order valence-corrected chi connectivity index (χ3v) is 9.39. The van der Waals surface area contributed by atoms with Gasteiger partial charge < -0.3 is 15.3 Å². The van der Waals surface area contributed by atoms with Gasteiger partial charge in [0.25, 0.3) is 5.91 Å². The van der Waals surface area contributed by atoms with Crippen LogP contribution in [0.2, 0.25) is 0 Å². The number of sulfone groups is 1. The highest BCUT2D eigenvalue weighted by Gasteiger charge is 2.28. The van der Waals surface area contributed by atoms with Crippen molar-refractivity contribution in [3.63, 3.8) is 0 Å². The molecule has 38 heavy (non-hydrogen) atoms. The van der Waals surface area contributed by atoms with E-state index in [1.54, 1.807) is 19.1 Å². The van der Waals surface area contributed by atoms with Crippen molar-refractivity contribution in [3.8, 4) is 0 Å². The molecule has 1 aliphatic heterocycles. The van der Waals surface area contributed by atoms with Gasteiger partial charge in [-0.2, -0.15) is 0 Å². The molecule has 1 aromatic heterocycles. The lowest BCUT2D eigenvalue weighted by Gasteiger charge is -2.34. The second-order valence-electron chi connectivity index (χ2n) is 10.2. The number of nitrogens with one attached hydrogen (secondary N) is 1. The molecule has 2 heterocycles. The summed E-state index contributed by atoms with van der Waals surface area (Å²) in [5.74, 6) is 1.35. The van der Waals surface area contributed by atoms with Crippen molar-refractivity contribution in [3.05, 3.63) is 82.7 Å². The molecule has 2 aromatic carbocycles. The summed E-state index contributed by atoms with van der Waals surface area (Å²) in [6.07, 6.45) is 7.28. The van der Waals surface area contributed by atoms with Crippen LogP contribution < -0.4 is 10.2 Å². The first-order valence-corrected chi connectivity index (χ1v) is 14.9. The molecule has 1 fully saturated rings. The SMILES string of the molecule is CC[C@@H]1CN(c2ncc(C3CC3)cn2)Cc2cc(C(=O)N[C@@H](CO)c3ccc(S(=O)(=O)CC)cc3)ccc21. The number of benzene rings is 2. The number of amides is 1. The minimum Gasteiger partial charge on any atom is -0.394 e. The average molecular weight is 535 g/mol. The van der Waals surface area contributed by atoms with Crippen LogP contribution in [0.1, 0.15) is 83.6 Å². The summed E-state index contributed by atoms with van der Waals surface area (Å²) < 4.78 is 24.2. The van der Waals surface area contributed by atoms with Gasteiger partial charge >= 0.3 is 0 Å². The van der Waals surface area contributed by atoms with E-state index in [4.69, 9.17) is 0 Å². The zero-order valence-electron chi connectivity index (χ0n) is 21.8. The Kier molecular flexibility index (Phi) is 7.49. The van der Waals surface area contributed by atoms with E-state index in [9.17, 15) is 18.3 Å². The van der Waals surface area contributed by atoms with Crippen molar-refractivity contribution in [2.75, 3.05) is 23.8 Å². The molecule has 8 nitrogen and oxygen atoms in total. The third-order valence-electron chi connectivity index (χ3n) is 7.64. The number of aromatic nitrogens is 2. The van der Waals surface area contributed by atoms with Gasteiger partial charge in [0.15, 0.2) is 9.84 Å². The van der Waals surface area contributed by atoms with E-state index in [0.29, 0.717) is 35.5 Å². The fourth-order valence-electron chi connectivity index (χ4n) is 5.09. The summed E-state index contributed by atoms with van der Waals surface area (Å²) in [4.78, 5) is 24.9. The second-order valence-corrected chi connectivity index (χ2v) is 12.4. The fourth-order valence-corrected chi connectivity index (χ4v) is 5.97. The van der Waals surface area contributed by atoms with Crippen molar-refractivity contribution in [1.29, 1.82) is 0 Å². The number of aliphatic hydroxyl groups is 1. The third kappa shape index (κ3) is 5.44. The van der Waals surface area contributed by atoms with Gasteiger partial charge in [-0.1, -0.05) is 32.0 Å². The van der Waals surface area contributed by atoms with E-state index < -0.39 is 15.9 Å². The largest absolute Gasteiger partial charge is 0.394 e. The van der Waals surface area contributed by atoms with Gasteiger partial charge in [-0.15, -0.1) is 0 Å². The second kappa shape index (κ2) is 10.8. The van der Waals surface area contributed by atoms with Crippen molar-refractivity contribution < 1.29 is 18.3 Å². The Morgan fingerprint density at radius 2 is 1.82 bits per heavy atom. The molecule has 2 atom stereocenters. The van der Waals surface area contributed by atoms with Gasteiger partial charge in [0.05, 0.1) is 23.3 Å². The molecule has 0 saturated heterocycles. The van der Waals surface area contributed by atoms with Gasteiger partial charge in [0.2, 0.25) is 5.95 Å². The number of fused-ring (bicyclic) bond motifs is 1. The Bertz CT molecular complexity index is 1400. The summed E-state index contributed by atoms with van der Waals surface area (Å²) in [6, 6.07) is 11.4. The van der Waals surface area contributed by atoms with Crippen LogP contribution in [0, 0.1) is 0 Å². The molecule has 2 aliphatic rings. The van der Waals surface area contributed by atoms with Crippen LogP contribution >= 0.6 is 0 Å². The number of aliphatic hydroxyl groups excluding tert-OH is 1. The average Bonchev–Trinajstić information content (AvgIpc) is 3.81. The van der Waals surface area contributed by atoms with Crippen LogP contribution in [0.25, 0.3) is 0 Å². The van der Waals surface area contributed by atoms with Crippen LogP contribution in [0.5, 0.6) is 0 Å². The van der Waals surface area contributed by atoms with Crippen LogP contribution in [0.3, 0.4) is 0 Å². The number of carbonyl (C=O) groups is 1. The highest BCUT2D eigenvalue weighted by molar-refractivity contribution is 7.91. The number of anilines is 1. The highest BCUT2D eigenvalue weighted by Crippen LogP contribution is 2.40. The predicted molar refractivity (Wildman–Crippen MR) is 146 cm³/mol. The minimum atomic E-state index is -3.32. The van der Waals surface area contributed by atoms with E-state index in [0.717, 1.165) is 18.5 Å². The lowest BCUT2D eigenvalue weighted by molar-refractivity contribution is 0.0916. The van der Waals surface area contributed by atoms with Crippen LogP contribution in [-0.2, 0) is 16.4 Å². The summed E-state index contributed by atoms with van der Waals surface area (Å²) in [5.41, 5.74) is 4.66. The summed E-state index contributed by atoms with van der Waals surface area (Å²) in [7, 11) is -3.32. The summed E-state index contributed by atoms with van der Waals surface area (Å²) in [6.45, 7) is 4.90. The van der Waals surface area contributed by atoms with E-state index in [2.05, 4.69) is 27.1 Å². The predicted octanol–water partition coefficient (Wildman–Crippen LogP) is 4.12. The zero-order valence-corrected chi connectivity index (χ0v) is 22.6. The number of hydrogen-bond acceptors (Lipinski definition) is 7. The first kappa shape index (κ1) is 26.3. The number of hydrogen-bond donors (Lipinski definition) is 2. The van der Waals surface area contributed by atoms with E-state index in [1.165, 1.54) is 36.1 Å². The summed E-state index contributed by atoms with van der Waals surface area (Å²) in [5, 5.41) is 12.9. The molecular formula is C29H34N4O4S. The first-order valence-electron chi connectivity index (χ1n) is 13.3. The topological polar surface area (TPSA) is 112 Å². The number of carbonyl (C=O) groups excluding carboxylic acids is 1. The monoisotopic (exact) mass is 534 g/mol. The molecule has 0 bridgehead atoms. The molecule has 3 aromatic rings. The molecular weight excluding hydrogens is 500 g/mol. The van der Waals surface area contributed by atoms with Crippen molar-refractivity contribution in [1.82, 2.24) is 15.3 Å². The minimum absolute atomic E-state index is 0.0130. The Balaban J connectivity index is 1.33. The van der Waals surface area contributed by atoms with Crippen molar-refractivity contribution in [2.24, 2.45) is 0 Å². The molecule has 1 amide bonds. The van der Waals surface area contributed by atoms with Gasteiger partial charge in [-0.25, -0.2) is 18.4 Å². The van der Waals surface area contributed by atoms with E-state index in [1.807, 2.05) is 30.6 Å². The molecule has 0 spiro atoms. The smallest absolute Gasteiger partial charge is 0.251 e. The van der Waals surface area contributed by atoms with Gasteiger partial charge in [0, 0.05) is 37.0 Å². The molecule has 0 radical (unpaired) electrons. The maximum Gasteiger partial charge on any atom is 0.251 e. The molecule has 1 saturated carbocycles. The Morgan fingerprint density at radius 1 is 1.11 bits per heavy atom. The quantitative estimate of drug-likeness (QED) is 0.425. The van der Waals surface area contributed by atoms with Crippen molar-refractivity contribution >= 4 is 21.7 Å². The normalized spacial score (nSPS) is 18.1. The Hall–Kier alpha value is -3.30. The Morgan fingerprint density at radius 3 is 2.42 bits per heavy atom. The van der Waals surface area contributed by atoms with Crippen LogP contribution in [-0.4, -0.2) is 48.3 Å². The van der Waals surface area contributed by atoms with Gasteiger partial charge in [-0.05, 0) is 71.7 Å². The maximum atomic E-state index is 13.2. The molecule has 0 unspecified atom stereocenters. The highest BCUT2D eigenvalue weighted by atomic mass is 32.2. The zero-order chi connectivity index (χ0) is 26.9. The van der Waals surface area contributed by atoms with Gasteiger partial charge in [-0.3, -0.25) is 4.79 Å². The molecule has 200 valence electrons. The number of nitrogens with zero attached hydrogens (tertiary/aromatic N) is 3. The standard InChI is InChI=1S/C29H34N4O4S/c1-3-19-16-33(29-30-14-24(15-31-29)20-5-6-20)17-23-13-22(9-12-26(19)23)28(35)32-27(18-34)21-7-10-25(11-8-21)38(36,37)4-2/h7-15,19-20,27,34H,3-6,16-18H2,1-2H3,(H,32,35)/t19-,27+/m1/s1. The van der Waals surface area contributed by atoms with Crippen molar-refractivity contribution in [2.45, 2.75) is 62.4 Å².